The van der Waals surface area contributed by atoms with E-state index in [0.717, 1.165) is 25.2 Å². The summed E-state index contributed by atoms with van der Waals surface area (Å²) in [6, 6.07) is 4.62. The maximum absolute atomic E-state index is 13.1. The van der Waals surface area contributed by atoms with E-state index < -0.39 is 0 Å². The molecule has 1 heterocycles. The first-order valence-electron chi connectivity index (χ1n) is 6.65. The summed E-state index contributed by atoms with van der Waals surface area (Å²) in [5, 5.41) is 0. The van der Waals surface area contributed by atoms with Crippen molar-refractivity contribution in [3.8, 4) is 0 Å². The van der Waals surface area contributed by atoms with Crippen LogP contribution in [-0.2, 0) is 0 Å². The third-order valence-electron chi connectivity index (χ3n) is 3.89. The third-order valence-corrected chi connectivity index (χ3v) is 3.89. The Kier molecular flexibility index (Phi) is 4.32. The van der Waals surface area contributed by atoms with Gasteiger partial charge in [-0.15, -0.1) is 0 Å². The van der Waals surface area contributed by atoms with Crippen LogP contribution in [0, 0.1) is 12.7 Å². The molecule has 104 valence electrons. The highest BCUT2D eigenvalue weighted by molar-refractivity contribution is 5.97. The number of hydrogen-bond donors (Lipinski definition) is 0. The SMILES string of the molecule is Cc1cc(F)ccc1C(=O)CC1CN(C)CCN1C. The lowest BCUT2D eigenvalue weighted by Gasteiger charge is -2.37. The van der Waals surface area contributed by atoms with Crippen molar-refractivity contribution in [1.82, 2.24) is 9.80 Å². The topological polar surface area (TPSA) is 23.6 Å². The van der Waals surface area contributed by atoms with E-state index in [0.29, 0.717) is 12.0 Å². The molecule has 1 unspecified atom stereocenters. The zero-order valence-corrected chi connectivity index (χ0v) is 11.8. The zero-order chi connectivity index (χ0) is 14.0. The molecule has 4 heteroatoms. The van der Waals surface area contributed by atoms with Gasteiger partial charge in [-0.1, -0.05) is 0 Å². The minimum Gasteiger partial charge on any atom is -0.304 e. The van der Waals surface area contributed by atoms with Crippen molar-refractivity contribution < 1.29 is 9.18 Å². The van der Waals surface area contributed by atoms with Gasteiger partial charge in [0.25, 0.3) is 0 Å². The summed E-state index contributed by atoms with van der Waals surface area (Å²) in [6.07, 6.45) is 0.493. The van der Waals surface area contributed by atoms with Gasteiger partial charge >= 0.3 is 0 Å². The summed E-state index contributed by atoms with van der Waals surface area (Å²) in [5.41, 5.74) is 1.36. The Morgan fingerprint density at radius 3 is 2.79 bits per heavy atom. The lowest BCUT2D eigenvalue weighted by molar-refractivity contribution is 0.0809. The molecule has 19 heavy (non-hydrogen) atoms. The summed E-state index contributed by atoms with van der Waals surface area (Å²) in [5.74, 6) is -0.187. The summed E-state index contributed by atoms with van der Waals surface area (Å²) in [6.45, 7) is 4.71. The number of likely N-dealkylation sites (N-methyl/N-ethyl adjacent to an activating group) is 2. The molecule has 0 spiro atoms. The lowest BCUT2D eigenvalue weighted by atomic mass is 9.98. The van der Waals surface area contributed by atoms with Crippen LogP contribution in [0.1, 0.15) is 22.3 Å². The maximum atomic E-state index is 13.1. The van der Waals surface area contributed by atoms with Crippen LogP contribution in [0.2, 0.25) is 0 Å². The normalized spacial score (nSPS) is 21.6. The van der Waals surface area contributed by atoms with Gasteiger partial charge in [0.15, 0.2) is 5.78 Å². The second kappa shape index (κ2) is 5.80. The third kappa shape index (κ3) is 3.39. The smallest absolute Gasteiger partial charge is 0.164 e. The van der Waals surface area contributed by atoms with Crippen molar-refractivity contribution >= 4 is 5.78 Å². The highest BCUT2D eigenvalue weighted by atomic mass is 19.1. The number of hydrogen-bond acceptors (Lipinski definition) is 3. The maximum Gasteiger partial charge on any atom is 0.164 e. The largest absolute Gasteiger partial charge is 0.304 e. The van der Waals surface area contributed by atoms with Crippen LogP contribution in [0.4, 0.5) is 4.39 Å². The Bertz CT molecular complexity index is 475. The average Bonchev–Trinajstić information content (AvgIpc) is 2.33. The Morgan fingerprint density at radius 1 is 1.37 bits per heavy atom. The van der Waals surface area contributed by atoms with Gasteiger partial charge in [0.2, 0.25) is 0 Å². The predicted octanol–water partition coefficient (Wildman–Crippen LogP) is 1.95. The van der Waals surface area contributed by atoms with Gasteiger partial charge < -0.3 is 9.80 Å². The van der Waals surface area contributed by atoms with Crippen LogP contribution in [0.5, 0.6) is 0 Å². The molecule has 0 amide bonds. The number of rotatable bonds is 3. The number of carbonyl (C=O) groups excluding carboxylic acids is 1. The highest BCUT2D eigenvalue weighted by Crippen LogP contribution is 2.17. The van der Waals surface area contributed by atoms with Crippen LogP contribution in [0.3, 0.4) is 0 Å². The van der Waals surface area contributed by atoms with Crippen molar-refractivity contribution in [3.63, 3.8) is 0 Å². The molecule has 0 aromatic heterocycles. The Balaban J connectivity index is 2.07. The molecule has 0 N–H and O–H groups in total. The second-order valence-corrected chi connectivity index (χ2v) is 5.48. The Labute approximate surface area is 114 Å². The molecule has 1 aromatic carbocycles. The van der Waals surface area contributed by atoms with E-state index in [2.05, 4.69) is 23.9 Å². The first-order valence-corrected chi connectivity index (χ1v) is 6.65. The van der Waals surface area contributed by atoms with Crippen LogP contribution in [-0.4, -0.2) is 55.4 Å². The number of ketones is 1. The van der Waals surface area contributed by atoms with Gasteiger partial charge in [0.05, 0.1) is 0 Å². The van der Waals surface area contributed by atoms with Gasteiger partial charge in [0.1, 0.15) is 5.82 Å². The fraction of sp³-hybridized carbons (Fsp3) is 0.533. The number of carbonyl (C=O) groups is 1. The quantitative estimate of drug-likeness (QED) is 0.780. The number of nitrogens with zero attached hydrogens (tertiary/aromatic N) is 2. The van der Waals surface area contributed by atoms with Crippen LogP contribution < -0.4 is 0 Å². The van der Waals surface area contributed by atoms with E-state index in [1.807, 2.05) is 0 Å². The molecule has 1 aromatic rings. The molecule has 0 saturated carbocycles. The predicted molar refractivity (Wildman–Crippen MR) is 74.0 cm³/mol. The number of benzene rings is 1. The molecule has 1 saturated heterocycles. The molecule has 1 atom stereocenters. The lowest BCUT2D eigenvalue weighted by Crippen LogP contribution is -2.50. The van der Waals surface area contributed by atoms with Crippen LogP contribution in [0.15, 0.2) is 18.2 Å². The second-order valence-electron chi connectivity index (χ2n) is 5.48. The molecule has 1 aliphatic heterocycles. The van der Waals surface area contributed by atoms with Crippen LogP contribution >= 0.6 is 0 Å². The summed E-state index contributed by atoms with van der Waals surface area (Å²) in [7, 11) is 4.14. The fourth-order valence-electron chi connectivity index (χ4n) is 2.59. The number of aryl methyl sites for hydroxylation is 1. The number of halogens is 1. The first kappa shape index (κ1) is 14.2. The fourth-order valence-corrected chi connectivity index (χ4v) is 2.59. The zero-order valence-electron chi connectivity index (χ0n) is 11.8. The molecular formula is C15H21FN2O. The highest BCUT2D eigenvalue weighted by Gasteiger charge is 2.25. The minimum absolute atomic E-state index is 0.102. The van der Waals surface area contributed by atoms with E-state index in [4.69, 9.17) is 0 Å². The van der Waals surface area contributed by atoms with Gasteiger partial charge in [0, 0.05) is 37.7 Å². The van der Waals surface area contributed by atoms with Crippen molar-refractivity contribution in [3.05, 3.63) is 35.1 Å². The van der Waals surface area contributed by atoms with Gasteiger partial charge in [-0.05, 0) is 44.8 Å². The van der Waals surface area contributed by atoms with E-state index in [-0.39, 0.29) is 17.6 Å². The number of piperazine rings is 1. The monoisotopic (exact) mass is 264 g/mol. The summed E-state index contributed by atoms with van der Waals surface area (Å²) in [4.78, 5) is 16.8. The van der Waals surface area contributed by atoms with Crippen molar-refractivity contribution in [1.29, 1.82) is 0 Å². The molecule has 2 rings (SSSR count). The average molecular weight is 264 g/mol. The van der Waals surface area contributed by atoms with E-state index >= 15 is 0 Å². The van der Waals surface area contributed by atoms with Crippen LogP contribution in [0.25, 0.3) is 0 Å². The molecule has 0 radical (unpaired) electrons. The molecule has 1 aliphatic rings. The Hall–Kier alpha value is -1.26. The molecule has 1 fully saturated rings. The molecular weight excluding hydrogens is 243 g/mol. The molecule has 3 nitrogen and oxygen atoms in total. The van der Waals surface area contributed by atoms with E-state index in [1.165, 1.54) is 12.1 Å². The van der Waals surface area contributed by atoms with Gasteiger partial charge in [-0.3, -0.25) is 4.79 Å². The van der Waals surface area contributed by atoms with E-state index in [1.54, 1.807) is 13.0 Å². The van der Waals surface area contributed by atoms with Gasteiger partial charge in [-0.25, -0.2) is 4.39 Å². The van der Waals surface area contributed by atoms with E-state index in [9.17, 15) is 9.18 Å². The van der Waals surface area contributed by atoms with Crippen molar-refractivity contribution in [2.24, 2.45) is 0 Å². The van der Waals surface area contributed by atoms with Crippen molar-refractivity contribution in [2.45, 2.75) is 19.4 Å². The summed E-state index contributed by atoms with van der Waals surface area (Å²) >= 11 is 0. The van der Waals surface area contributed by atoms with Gasteiger partial charge in [-0.2, -0.15) is 0 Å². The first-order chi connectivity index (χ1) is 8.97. The standard InChI is InChI=1S/C15H21FN2O/c1-11-8-12(16)4-5-14(11)15(19)9-13-10-17(2)6-7-18(13)3/h4-5,8,13H,6-7,9-10H2,1-3H3. The number of Topliss-reactive ketones (excluding diaryl/α,β-unsaturated/α-hetero) is 1. The molecule has 0 bridgehead atoms. The summed E-state index contributed by atoms with van der Waals surface area (Å²) < 4.78 is 13.1. The Morgan fingerprint density at radius 2 is 2.11 bits per heavy atom. The van der Waals surface area contributed by atoms with Crippen molar-refractivity contribution in [2.75, 3.05) is 33.7 Å². The molecule has 0 aliphatic carbocycles. The minimum atomic E-state index is -0.288.